The number of aliphatic carboxylic acids is 1. The van der Waals surface area contributed by atoms with Crippen molar-refractivity contribution in [2.24, 2.45) is 0 Å². The number of halogens is 1. The van der Waals surface area contributed by atoms with Crippen molar-refractivity contribution in [2.75, 3.05) is 6.61 Å². The van der Waals surface area contributed by atoms with Gasteiger partial charge in [-0.1, -0.05) is 81.4 Å². The Morgan fingerprint density at radius 3 is 1.84 bits per heavy atom. The lowest BCUT2D eigenvalue weighted by atomic mass is 10.2. The fraction of sp³-hybridized carbons (Fsp3) is 0.250. The molecule has 0 aliphatic carbocycles. The predicted molar refractivity (Wildman–Crippen MR) is 108 cm³/mol. The monoisotopic (exact) mass is 418 g/mol. The van der Waals surface area contributed by atoms with Crippen LogP contribution in [-0.2, 0) is 9.22 Å². The number of hydrogen-bond donors (Lipinski definition) is 1. The molecule has 0 bridgehead atoms. The number of carboxylic acids is 1. The van der Waals surface area contributed by atoms with Gasteiger partial charge in [-0.05, 0) is 37.4 Å². The molecule has 132 valence electrons. The summed E-state index contributed by atoms with van der Waals surface area (Å²) in [7, 11) is -2.61. The van der Waals surface area contributed by atoms with Gasteiger partial charge in [0.15, 0.2) is 0 Å². The van der Waals surface area contributed by atoms with Crippen LogP contribution >= 0.6 is 15.9 Å². The molecule has 0 amide bonds. The van der Waals surface area contributed by atoms with Gasteiger partial charge in [0.05, 0.1) is 6.61 Å². The Labute approximate surface area is 158 Å². The standard InChI is InChI=1S/C20H23BrO3Si/c1-20(2,3)25(16-10-6-4-7-11-16,17-12-8-5-9-13-17)24-15-14-18(21)19(22)23/h4-14H,15H2,1-3H3,(H,22,23)/b18-14-. The molecule has 0 fully saturated rings. The smallest absolute Gasteiger partial charge is 0.342 e. The maximum atomic E-state index is 11.0. The molecule has 2 aromatic carbocycles. The molecule has 2 aromatic rings. The third kappa shape index (κ3) is 4.29. The highest BCUT2D eigenvalue weighted by Crippen LogP contribution is 2.36. The van der Waals surface area contributed by atoms with Crippen molar-refractivity contribution in [1.29, 1.82) is 0 Å². The maximum absolute atomic E-state index is 11.0. The molecule has 2 rings (SSSR count). The summed E-state index contributed by atoms with van der Waals surface area (Å²) in [6.07, 6.45) is 1.57. The average Bonchev–Trinajstić information content (AvgIpc) is 2.59. The zero-order chi connectivity index (χ0) is 18.5. The molecule has 0 spiro atoms. The van der Waals surface area contributed by atoms with E-state index in [0.717, 1.165) is 0 Å². The second-order valence-corrected chi connectivity index (χ2v) is 12.0. The highest BCUT2D eigenvalue weighted by molar-refractivity contribution is 9.12. The molecule has 0 radical (unpaired) electrons. The van der Waals surface area contributed by atoms with Crippen LogP contribution in [0.1, 0.15) is 20.8 Å². The zero-order valence-corrected chi connectivity index (χ0v) is 17.3. The molecule has 0 saturated heterocycles. The van der Waals surface area contributed by atoms with Crippen molar-refractivity contribution in [1.82, 2.24) is 0 Å². The zero-order valence-electron chi connectivity index (χ0n) is 14.7. The van der Waals surface area contributed by atoms with Crippen LogP contribution < -0.4 is 10.4 Å². The average molecular weight is 419 g/mol. The van der Waals surface area contributed by atoms with E-state index in [1.54, 1.807) is 6.08 Å². The van der Waals surface area contributed by atoms with E-state index in [-0.39, 0.29) is 16.1 Å². The van der Waals surface area contributed by atoms with Crippen LogP contribution in [0.2, 0.25) is 5.04 Å². The first-order chi connectivity index (χ1) is 11.8. The summed E-state index contributed by atoms with van der Waals surface area (Å²) in [5.41, 5.74) is 0. The topological polar surface area (TPSA) is 46.5 Å². The van der Waals surface area contributed by atoms with E-state index >= 15 is 0 Å². The van der Waals surface area contributed by atoms with Crippen LogP contribution in [0.25, 0.3) is 0 Å². The summed E-state index contributed by atoms with van der Waals surface area (Å²) >= 11 is 3.07. The molecule has 0 atom stereocenters. The van der Waals surface area contributed by atoms with E-state index in [1.165, 1.54) is 10.4 Å². The molecule has 5 heteroatoms. The van der Waals surface area contributed by atoms with E-state index < -0.39 is 14.3 Å². The minimum Gasteiger partial charge on any atom is -0.477 e. The highest BCUT2D eigenvalue weighted by atomic mass is 79.9. The van der Waals surface area contributed by atoms with Crippen LogP contribution in [0.5, 0.6) is 0 Å². The summed E-state index contributed by atoms with van der Waals surface area (Å²) < 4.78 is 6.67. The Hall–Kier alpha value is -1.69. The lowest BCUT2D eigenvalue weighted by Crippen LogP contribution is -2.66. The highest BCUT2D eigenvalue weighted by Gasteiger charge is 2.49. The van der Waals surface area contributed by atoms with E-state index in [2.05, 4.69) is 61.0 Å². The van der Waals surface area contributed by atoms with Crippen molar-refractivity contribution in [3.63, 3.8) is 0 Å². The Morgan fingerprint density at radius 1 is 1.04 bits per heavy atom. The third-order valence-corrected chi connectivity index (χ3v) is 9.85. The normalized spacial score (nSPS) is 12.9. The first kappa shape index (κ1) is 19.6. The Kier molecular flexibility index (Phi) is 6.38. The number of hydrogen-bond acceptors (Lipinski definition) is 2. The second-order valence-electron chi connectivity index (χ2n) is 6.83. The van der Waals surface area contributed by atoms with Crippen molar-refractivity contribution < 1.29 is 14.3 Å². The van der Waals surface area contributed by atoms with Gasteiger partial charge in [0.2, 0.25) is 0 Å². The van der Waals surface area contributed by atoms with Gasteiger partial charge < -0.3 is 9.53 Å². The van der Waals surface area contributed by atoms with Crippen molar-refractivity contribution in [3.8, 4) is 0 Å². The summed E-state index contributed by atoms with van der Waals surface area (Å²) in [6, 6.07) is 20.5. The molecule has 1 N–H and O–H groups in total. The van der Waals surface area contributed by atoms with Crippen LogP contribution in [0.3, 0.4) is 0 Å². The molecule has 0 aliphatic heterocycles. The van der Waals surface area contributed by atoms with Gasteiger partial charge in [0.1, 0.15) is 4.48 Å². The molecular formula is C20H23BrO3Si. The minimum absolute atomic E-state index is 0.116. The van der Waals surface area contributed by atoms with E-state index in [4.69, 9.17) is 9.53 Å². The Morgan fingerprint density at radius 2 is 1.48 bits per heavy atom. The molecule has 0 aliphatic rings. The largest absolute Gasteiger partial charge is 0.477 e. The first-order valence-corrected chi connectivity index (χ1v) is 10.8. The molecule has 25 heavy (non-hydrogen) atoms. The Bertz CT molecular complexity index is 697. The summed E-state index contributed by atoms with van der Waals surface area (Å²) in [5.74, 6) is -0.994. The summed E-state index contributed by atoms with van der Waals surface area (Å²) in [5, 5.41) is 11.3. The maximum Gasteiger partial charge on any atom is 0.342 e. The van der Waals surface area contributed by atoms with Crippen molar-refractivity contribution >= 4 is 40.6 Å². The number of rotatable bonds is 6. The number of benzene rings is 2. The number of carbonyl (C=O) groups is 1. The molecule has 3 nitrogen and oxygen atoms in total. The third-order valence-electron chi connectivity index (χ3n) is 4.18. The van der Waals surface area contributed by atoms with Crippen LogP contribution in [0, 0.1) is 0 Å². The summed E-state index contributed by atoms with van der Waals surface area (Å²) in [6.45, 7) is 6.81. The van der Waals surface area contributed by atoms with Gasteiger partial charge in [-0.2, -0.15) is 0 Å². The van der Waals surface area contributed by atoms with Gasteiger partial charge in [-0.15, -0.1) is 0 Å². The van der Waals surface area contributed by atoms with Crippen LogP contribution in [-0.4, -0.2) is 26.0 Å². The van der Waals surface area contributed by atoms with Gasteiger partial charge in [-0.25, -0.2) is 4.79 Å². The fourth-order valence-corrected chi connectivity index (χ4v) is 7.71. The molecule has 0 unspecified atom stereocenters. The molecule has 0 aromatic heterocycles. The predicted octanol–water partition coefficient (Wildman–Crippen LogP) is 3.93. The van der Waals surface area contributed by atoms with Crippen LogP contribution in [0.15, 0.2) is 71.2 Å². The van der Waals surface area contributed by atoms with Crippen LogP contribution in [0.4, 0.5) is 0 Å². The minimum atomic E-state index is -2.61. The summed E-state index contributed by atoms with van der Waals surface area (Å²) in [4.78, 5) is 11.0. The number of carboxylic acid groups (broad SMARTS) is 1. The molecule has 0 heterocycles. The second kappa shape index (κ2) is 8.12. The lowest BCUT2D eigenvalue weighted by molar-refractivity contribution is -0.131. The SMILES string of the molecule is CC(C)(C)[Si](OC/C=C(\Br)C(=O)O)(c1ccccc1)c1ccccc1. The van der Waals surface area contributed by atoms with E-state index in [9.17, 15) is 4.79 Å². The first-order valence-electron chi connectivity index (χ1n) is 8.13. The molecular weight excluding hydrogens is 396 g/mol. The van der Waals surface area contributed by atoms with Crippen molar-refractivity contribution in [2.45, 2.75) is 25.8 Å². The quantitative estimate of drug-likeness (QED) is 0.570. The Balaban J connectivity index is 2.57. The fourth-order valence-electron chi connectivity index (χ4n) is 3.09. The van der Waals surface area contributed by atoms with Crippen molar-refractivity contribution in [3.05, 3.63) is 71.2 Å². The van der Waals surface area contributed by atoms with Gasteiger partial charge in [-0.3, -0.25) is 0 Å². The van der Waals surface area contributed by atoms with E-state index in [1.807, 2.05) is 36.4 Å². The lowest BCUT2D eigenvalue weighted by Gasteiger charge is -2.42. The van der Waals surface area contributed by atoms with Gasteiger partial charge in [0.25, 0.3) is 8.32 Å². The molecule has 0 saturated carbocycles. The van der Waals surface area contributed by atoms with Gasteiger partial charge in [0, 0.05) is 0 Å². The van der Waals surface area contributed by atoms with E-state index in [0.29, 0.717) is 0 Å². The van der Waals surface area contributed by atoms with Gasteiger partial charge >= 0.3 is 5.97 Å².